The van der Waals surface area contributed by atoms with E-state index in [2.05, 4.69) is 0 Å². The summed E-state index contributed by atoms with van der Waals surface area (Å²) in [6, 6.07) is 7.41. The molecule has 0 saturated carbocycles. The van der Waals surface area contributed by atoms with Gasteiger partial charge in [-0.2, -0.15) is 0 Å². The van der Waals surface area contributed by atoms with Crippen molar-refractivity contribution in [1.29, 1.82) is 0 Å². The zero-order valence-electron chi connectivity index (χ0n) is 46.0. The molecule has 35 atom stereocenters. The van der Waals surface area contributed by atoms with Crippen molar-refractivity contribution in [3.63, 3.8) is 0 Å². The van der Waals surface area contributed by atoms with Crippen molar-refractivity contribution < 1.29 is 168 Å². The molecule has 35 nitrogen and oxygen atoms in total. The Kier molecular flexibility index (Phi) is 23.7. The summed E-state index contributed by atoms with van der Waals surface area (Å²) in [4.78, 5) is 1.87. The number of rotatable bonds is 10. The van der Waals surface area contributed by atoms with Crippen LogP contribution >= 0.6 is 0 Å². The Balaban J connectivity index is 1.02. The normalized spacial score (nSPS) is 50.7. The summed E-state index contributed by atoms with van der Waals surface area (Å²) in [6.07, 6.45) is -68.8. The van der Waals surface area contributed by atoms with Crippen molar-refractivity contribution in [3.8, 4) is 0 Å². The van der Waals surface area contributed by atoms with E-state index in [4.69, 9.17) is 66.3 Å². The van der Waals surface area contributed by atoms with Crippen LogP contribution < -0.4 is 8.51 Å². The van der Waals surface area contributed by atoms with Gasteiger partial charge in [-0.1, -0.05) is 0 Å². The summed E-state index contributed by atoms with van der Waals surface area (Å²) in [5.41, 5.74) is 0.871. The summed E-state index contributed by atoms with van der Waals surface area (Å²) in [7, 11) is 3.68. The van der Waals surface area contributed by atoms with Crippen LogP contribution in [0.2, 0.25) is 4.47 Å². The van der Waals surface area contributed by atoms with Gasteiger partial charge in [0.1, 0.15) is 61.0 Å². The molecular formula is C50H79NO34Te. The molecule has 0 spiro atoms. The molecule has 21 saturated heterocycles. The molecule has 0 aliphatic carbocycles. The molecule has 21 aliphatic heterocycles. The first-order valence-corrected chi connectivity index (χ1v) is 30.5. The number of nitrogens with zero attached hydrogens (tertiary/aromatic N) is 1. The number of benzene rings is 1. The van der Waals surface area contributed by atoms with Crippen LogP contribution in [-0.2, 0) is 66.3 Å². The predicted octanol–water partition coefficient (Wildman–Crippen LogP) is -13.7. The van der Waals surface area contributed by atoms with E-state index in [1.54, 1.807) is 0 Å². The summed E-state index contributed by atoms with van der Waals surface area (Å²) in [5, 5.41) is 224. The van der Waals surface area contributed by atoms with Crippen LogP contribution in [0.1, 0.15) is 0 Å². The average Bonchev–Trinajstić information content (AvgIpc) is 2.53. The monoisotopic (exact) mass is 1370 g/mol. The van der Waals surface area contributed by atoms with Crippen molar-refractivity contribution in [1.82, 2.24) is 0 Å². The summed E-state index contributed by atoms with van der Waals surface area (Å²) in [6.45, 7) is -6.17. The molecule has 36 heteroatoms. The topological polar surface area (TPSA) is 537 Å². The van der Waals surface area contributed by atoms with Gasteiger partial charge in [-0.15, -0.1) is 0 Å². The number of hydrogen-bond acceptors (Lipinski definition) is 35. The standard InChI is InChI=1S/C50H79NO34Te/c1-51(2)14-3-5-15(6-4-14)86-13-22-43-29(64)36(71)50(78-22)84-42-21(12-57)76-48(34(69)27(42)62)82-40-19(10-55)74-46(32(67)25(40)60)80-38-17(8-53)72-44(30(65)23(38)58)79-37-16(7-52)73-45(31(66)24(37)59)81-39-18(9-54)75-47(33(68)26(39)61)83-41-20(11-56)77-49(85-43)35(70)28(41)63/h3-6,16-50,52-71H,7-13H2,1-2H3/t16-,17-,18-,19-,20-,21-,22-,23-,24-,25-,26-,27-,28-,29-,30-,31-,32-,33-,34-,35-,36-,37-,38-,39-,40-,41-,42-,43-,44-,45-,46-,47-,48-,49-,50-/m1/s1. The van der Waals surface area contributed by atoms with Crippen LogP contribution in [0.5, 0.6) is 0 Å². The predicted molar refractivity (Wildman–Crippen MR) is 272 cm³/mol. The Hall–Kier alpha value is -1.55. The first-order valence-electron chi connectivity index (χ1n) is 27.7. The minimum atomic E-state index is -2.20. The Labute approximate surface area is 499 Å². The van der Waals surface area contributed by atoms with Crippen LogP contribution in [0.4, 0.5) is 5.69 Å². The average molecular weight is 1370 g/mol. The molecule has 21 fully saturated rings. The molecule has 1 aromatic rings. The third-order valence-electron chi connectivity index (χ3n) is 16.4. The molecule has 22 rings (SSSR count). The summed E-state index contributed by atoms with van der Waals surface area (Å²) >= 11 is -1.34. The van der Waals surface area contributed by atoms with Gasteiger partial charge < -0.3 is 84.6 Å². The van der Waals surface area contributed by atoms with Gasteiger partial charge in [0, 0.05) is 0 Å². The zero-order chi connectivity index (χ0) is 62.3. The zero-order valence-corrected chi connectivity index (χ0v) is 48.3. The third kappa shape index (κ3) is 14.0. The number of aliphatic hydroxyl groups excluding tert-OH is 20. The van der Waals surface area contributed by atoms with Crippen molar-refractivity contribution in [3.05, 3.63) is 24.3 Å². The Morgan fingerprint density at radius 2 is 0.465 bits per heavy atom. The van der Waals surface area contributed by atoms with E-state index < -0.39 is 276 Å². The fraction of sp³-hybridized carbons (Fsp3) is 0.880. The first-order chi connectivity index (χ1) is 41.0. The van der Waals surface area contributed by atoms with Gasteiger partial charge in [0.2, 0.25) is 0 Å². The van der Waals surface area contributed by atoms with Crippen molar-refractivity contribution in [2.24, 2.45) is 0 Å². The van der Waals surface area contributed by atoms with Gasteiger partial charge in [-0.3, -0.25) is 0 Å². The van der Waals surface area contributed by atoms with Crippen LogP contribution in [0.15, 0.2) is 24.3 Å². The maximum atomic E-state index is 11.9. The Morgan fingerprint density at radius 3 is 0.651 bits per heavy atom. The summed E-state index contributed by atoms with van der Waals surface area (Å²) < 4.78 is 82.8. The molecular weight excluding hydrogens is 1290 g/mol. The van der Waals surface area contributed by atoms with Crippen LogP contribution in [-0.4, -0.2) is 392 Å². The van der Waals surface area contributed by atoms with E-state index in [1.807, 2.05) is 43.3 Å². The van der Waals surface area contributed by atoms with E-state index in [0.717, 1.165) is 9.30 Å². The quantitative estimate of drug-likeness (QED) is 0.0967. The van der Waals surface area contributed by atoms with Crippen molar-refractivity contribution in [2.45, 2.75) is 219 Å². The van der Waals surface area contributed by atoms with Crippen molar-refractivity contribution in [2.75, 3.05) is 58.6 Å². The fourth-order valence-electron chi connectivity index (χ4n) is 11.4. The fourth-order valence-corrected chi connectivity index (χ4v) is 14.1. The van der Waals surface area contributed by atoms with Gasteiger partial charge in [-0.05, 0) is 0 Å². The minimum absolute atomic E-state index is 0.0568. The maximum absolute atomic E-state index is 11.9. The molecule has 1 aromatic carbocycles. The van der Waals surface area contributed by atoms with Gasteiger partial charge in [0.05, 0.1) is 26.4 Å². The van der Waals surface area contributed by atoms with Crippen LogP contribution in [0.3, 0.4) is 0 Å². The molecule has 86 heavy (non-hydrogen) atoms. The van der Waals surface area contributed by atoms with E-state index in [9.17, 15) is 102 Å². The van der Waals surface area contributed by atoms with Crippen molar-refractivity contribution >= 4 is 30.2 Å². The van der Waals surface area contributed by atoms with Gasteiger partial charge >= 0.3 is 310 Å². The Bertz CT molecular complexity index is 2240. The Morgan fingerprint density at radius 1 is 0.279 bits per heavy atom. The SMILES string of the molecule is CN(C)c1ccc([Te]C[C@H]2O[C@@H]3O[C@H]4[C@H](O)[C@@H](O)[C@@H](O[C@H]5[C@H](O)[C@@H](O)[C@@H](O[C@H]6[C@H](O)[C@@H](O)[C@@H](O[C@H]7[C@H](O)[C@@H](O)[C@@H](O[C@H]8[C@H](O)[C@@H](O)[C@@H](O[C@H]9[C@H](O)[C@@H](O)[C@@H](O[C@H]2[C@H](O)[C@H]3O)O[C@@H]9CO)O[C@@H]8CO)O[C@@H]7CO)O[C@@H]6CO)O[C@@H]5CO)O[C@@H]4CO)cc1. The molecule has 0 aromatic heterocycles. The molecule has 14 bridgehead atoms. The first kappa shape index (κ1) is 68.8. The molecule has 21 heterocycles. The van der Waals surface area contributed by atoms with E-state index in [1.165, 1.54) is 0 Å². The van der Waals surface area contributed by atoms with Crippen LogP contribution in [0, 0.1) is 0 Å². The second-order valence-electron chi connectivity index (χ2n) is 22.2. The molecule has 0 unspecified atom stereocenters. The number of aliphatic hydroxyl groups is 20. The van der Waals surface area contributed by atoms with E-state index in [0.29, 0.717) is 0 Å². The second kappa shape index (κ2) is 29.6. The second-order valence-corrected chi connectivity index (χ2v) is 25.3. The molecule has 0 amide bonds. The van der Waals surface area contributed by atoms with Crippen LogP contribution in [0.25, 0.3) is 0 Å². The molecule has 0 radical (unpaired) electrons. The van der Waals surface area contributed by atoms with Gasteiger partial charge in [0.15, 0.2) is 18.9 Å². The number of anilines is 1. The molecule has 21 aliphatic rings. The molecule has 494 valence electrons. The third-order valence-corrected chi connectivity index (χ3v) is 19.5. The number of ether oxygens (including phenoxy) is 14. The summed E-state index contributed by atoms with van der Waals surface area (Å²) in [5.74, 6) is 0. The van der Waals surface area contributed by atoms with Gasteiger partial charge in [-0.25, -0.2) is 0 Å². The van der Waals surface area contributed by atoms with E-state index >= 15 is 0 Å². The van der Waals surface area contributed by atoms with E-state index in [-0.39, 0.29) is 4.47 Å². The van der Waals surface area contributed by atoms with Gasteiger partial charge in [0.25, 0.3) is 0 Å². The number of hydrogen-bond donors (Lipinski definition) is 20. The molecule has 20 N–H and O–H groups in total.